The molecule has 0 spiro atoms. The van der Waals surface area contributed by atoms with Gasteiger partial charge in [0, 0.05) is 30.4 Å². The van der Waals surface area contributed by atoms with Crippen molar-refractivity contribution in [2.45, 2.75) is 20.4 Å². The van der Waals surface area contributed by atoms with Crippen LogP contribution in [0.4, 0.5) is 0 Å². The van der Waals surface area contributed by atoms with E-state index < -0.39 is 0 Å². The van der Waals surface area contributed by atoms with Crippen LogP contribution in [0.2, 0.25) is 10.0 Å². The van der Waals surface area contributed by atoms with Crippen LogP contribution in [0.1, 0.15) is 27.3 Å². The number of aryl methyl sites for hydroxylation is 1. The number of hydrogen-bond acceptors (Lipinski definition) is 2. The Labute approximate surface area is 163 Å². The number of carbonyl (C=O) groups excluding carboxylic acids is 1. The average molecular weight is 388 g/mol. The molecular weight excluding hydrogens is 369 g/mol. The first-order valence-corrected chi connectivity index (χ1v) is 8.95. The predicted octanol–water partition coefficient (Wildman–Crippen LogP) is 5.07. The molecule has 2 aromatic carbocycles. The van der Waals surface area contributed by atoms with Crippen LogP contribution in [-0.4, -0.2) is 27.6 Å². The third kappa shape index (κ3) is 3.62. The number of benzene rings is 2. The van der Waals surface area contributed by atoms with Gasteiger partial charge in [-0.1, -0.05) is 41.4 Å². The van der Waals surface area contributed by atoms with Gasteiger partial charge in [0.25, 0.3) is 5.91 Å². The summed E-state index contributed by atoms with van der Waals surface area (Å²) >= 11 is 12.0. The zero-order valence-corrected chi connectivity index (χ0v) is 16.3. The number of aromatic nitrogens is 2. The van der Waals surface area contributed by atoms with Gasteiger partial charge in [-0.05, 0) is 44.2 Å². The molecule has 0 saturated heterocycles. The first-order chi connectivity index (χ1) is 12.4. The maximum atomic E-state index is 12.7. The molecule has 0 atom stereocenters. The fourth-order valence-corrected chi connectivity index (χ4v) is 3.18. The largest absolute Gasteiger partial charge is 0.337 e. The lowest BCUT2D eigenvalue weighted by Crippen LogP contribution is -2.26. The van der Waals surface area contributed by atoms with Gasteiger partial charge in [-0.15, -0.1) is 0 Å². The number of carbonyl (C=O) groups is 1. The third-order valence-corrected chi connectivity index (χ3v) is 5.09. The number of hydrogen-bond donors (Lipinski definition) is 0. The zero-order valence-electron chi connectivity index (χ0n) is 14.8. The van der Waals surface area contributed by atoms with Crippen LogP contribution < -0.4 is 0 Å². The lowest BCUT2D eigenvalue weighted by molar-refractivity contribution is 0.0785. The van der Waals surface area contributed by atoms with Gasteiger partial charge in [0.15, 0.2) is 0 Å². The molecule has 0 aliphatic carbocycles. The summed E-state index contributed by atoms with van der Waals surface area (Å²) in [6, 6.07) is 14.9. The van der Waals surface area contributed by atoms with E-state index in [-0.39, 0.29) is 5.91 Å². The third-order valence-electron chi connectivity index (χ3n) is 4.35. The highest BCUT2D eigenvalue weighted by atomic mass is 35.5. The van der Waals surface area contributed by atoms with E-state index in [1.54, 1.807) is 30.1 Å². The minimum absolute atomic E-state index is 0.116. The predicted molar refractivity (Wildman–Crippen MR) is 105 cm³/mol. The van der Waals surface area contributed by atoms with Crippen LogP contribution in [0, 0.1) is 13.8 Å². The molecule has 1 heterocycles. The maximum Gasteiger partial charge on any atom is 0.253 e. The van der Waals surface area contributed by atoms with Gasteiger partial charge < -0.3 is 4.90 Å². The van der Waals surface area contributed by atoms with Crippen molar-refractivity contribution in [1.29, 1.82) is 0 Å². The second kappa shape index (κ2) is 7.52. The van der Waals surface area contributed by atoms with E-state index in [2.05, 4.69) is 5.10 Å². The Morgan fingerprint density at radius 2 is 1.77 bits per heavy atom. The highest BCUT2D eigenvalue weighted by Crippen LogP contribution is 2.24. The molecule has 0 saturated carbocycles. The Morgan fingerprint density at radius 1 is 1.08 bits per heavy atom. The molecule has 0 bridgehead atoms. The Hall–Kier alpha value is -2.30. The molecule has 3 aromatic rings. The van der Waals surface area contributed by atoms with Crippen LogP contribution in [0.5, 0.6) is 0 Å². The highest BCUT2D eigenvalue weighted by Gasteiger charge is 2.18. The standard InChI is InChI=1S/C20H19Cl2N3O/c1-13-17(14(2)25(23-13)16-7-5-4-6-8-16)12-24(3)20(26)15-9-10-18(21)19(22)11-15/h4-11H,12H2,1-3H3. The van der Waals surface area contributed by atoms with Crippen LogP contribution in [0.3, 0.4) is 0 Å². The molecule has 1 aromatic heterocycles. The summed E-state index contributed by atoms with van der Waals surface area (Å²) in [6.07, 6.45) is 0. The molecule has 134 valence electrons. The fraction of sp³-hybridized carbons (Fsp3) is 0.200. The van der Waals surface area contributed by atoms with Gasteiger partial charge in [0.2, 0.25) is 0 Å². The van der Waals surface area contributed by atoms with Gasteiger partial charge in [-0.3, -0.25) is 4.79 Å². The first kappa shape index (κ1) is 18.5. The first-order valence-electron chi connectivity index (χ1n) is 8.19. The van der Waals surface area contributed by atoms with Crippen LogP contribution in [0.15, 0.2) is 48.5 Å². The van der Waals surface area contributed by atoms with Crippen molar-refractivity contribution in [3.05, 3.63) is 81.1 Å². The minimum atomic E-state index is -0.116. The summed E-state index contributed by atoms with van der Waals surface area (Å²) in [6.45, 7) is 4.43. The highest BCUT2D eigenvalue weighted by molar-refractivity contribution is 6.42. The van der Waals surface area contributed by atoms with Crippen molar-refractivity contribution in [2.75, 3.05) is 7.05 Å². The summed E-state index contributed by atoms with van der Waals surface area (Å²) in [5.41, 5.74) is 4.46. The number of rotatable bonds is 4. The van der Waals surface area contributed by atoms with Crippen LogP contribution in [-0.2, 0) is 6.54 Å². The Kier molecular flexibility index (Phi) is 5.35. The molecule has 0 unspecified atom stereocenters. The van der Waals surface area contributed by atoms with Crippen molar-refractivity contribution in [3.8, 4) is 5.69 Å². The lowest BCUT2D eigenvalue weighted by atomic mass is 10.1. The molecule has 6 heteroatoms. The van der Waals surface area contributed by atoms with Crippen molar-refractivity contribution in [3.63, 3.8) is 0 Å². The fourth-order valence-electron chi connectivity index (χ4n) is 2.88. The number of halogens is 2. The maximum absolute atomic E-state index is 12.7. The molecule has 0 radical (unpaired) electrons. The molecule has 26 heavy (non-hydrogen) atoms. The van der Waals surface area contributed by atoms with Crippen LogP contribution in [0.25, 0.3) is 5.69 Å². The van der Waals surface area contributed by atoms with Gasteiger partial charge in [0.1, 0.15) is 0 Å². The van der Waals surface area contributed by atoms with Gasteiger partial charge in [-0.2, -0.15) is 5.10 Å². The smallest absolute Gasteiger partial charge is 0.253 e. The summed E-state index contributed by atoms with van der Waals surface area (Å²) in [7, 11) is 1.77. The summed E-state index contributed by atoms with van der Waals surface area (Å²) in [5, 5.41) is 5.43. The van der Waals surface area contributed by atoms with Crippen molar-refractivity contribution in [2.24, 2.45) is 0 Å². The van der Waals surface area contributed by atoms with Crippen molar-refractivity contribution < 1.29 is 4.79 Å². The summed E-state index contributed by atoms with van der Waals surface area (Å²) in [5.74, 6) is -0.116. The van der Waals surface area contributed by atoms with Crippen molar-refractivity contribution >= 4 is 29.1 Å². The quantitative estimate of drug-likeness (QED) is 0.626. The second-order valence-electron chi connectivity index (χ2n) is 6.19. The van der Waals surface area contributed by atoms with E-state index in [1.165, 1.54) is 0 Å². The molecular formula is C20H19Cl2N3O. The number of nitrogens with zero attached hydrogens (tertiary/aromatic N) is 3. The Balaban J connectivity index is 1.85. The Morgan fingerprint density at radius 3 is 2.42 bits per heavy atom. The summed E-state index contributed by atoms with van der Waals surface area (Å²) in [4.78, 5) is 14.4. The molecule has 3 rings (SSSR count). The number of amides is 1. The van der Waals surface area contributed by atoms with Crippen molar-refractivity contribution in [1.82, 2.24) is 14.7 Å². The van der Waals surface area contributed by atoms with Gasteiger partial charge in [-0.25, -0.2) is 4.68 Å². The lowest BCUT2D eigenvalue weighted by Gasteiger charge is -2.18. The minimum Gasteiger partial charge on any atom is -0.337 e. The second-order valence-corrected chi connectivity index (χ2v) is 7.00. The van der Waals surface area contributed by atoms with E-state index in [0.29, 0.717) is 22.2 Å². The van der Waals surface area contributed by atoms with Gasteiger partial charge in [0.05, 0.1) is 21.4 Å². The normalized spacial score (nSPS) is 10.8. The van der Waals surface area contributed by atoms with Crippen LogP contribution >= 0.6 is 23.2 Å². The summed E-state index contributed by atoms with van der Waals surface area (Å²) < 4.78 is 1.90. The Bertz CT molecular complexity index is 951. The monoisotopic (exact) mass is 387 g/mol. The van der Waals surface area contributed by atoms with E-state index in [9.17, 15) is 4.79 Å². The molecule has 0 aliphatic rings. The molecule has 4 nitrogen and oxygen atoms in total. The molecule has 0 aliphatic heterocycles. The molecule has 1 amide bonds. The molecule has 0 fully saturated rings. The topological polar surface area (TPSA) is 38.1 Å². The van der Waals surface area contributed by atoms with E-state index in [0.717, 1.165) is 22.6 Å². The van der Waals surface area contributed by atoms with E-state index in [4.69, 9.17) is 23.2 Å². The van der Waals surface area contributed by atoms with E-state index >= 15 is 0 Å². The SMILES string of the molecule is Cc1nn(-c2ccccc2)c(C)c1CN(C)C(=O)c1ccc(Cl)c(Cl)c1. The van der Waals surface area contributed by atoms with E-state index in [1.807, 2.05) is 48.9 Å². The van der Waals surface area contributed by atoms with Gasteiger partial charge >= 0.3 is 0 Å². The molecule has 0 N–H and O–H groups in total. The number of para-hydroxylation sites is 1. The average Bonchev–Trinajstić information content (AvgIpc) is 2.92. The zero-order chi connectivity index (χ0) is 18.8.